The van der Waals surface area contributed by atoms with E-state index in [4.69, 9.17) is 5.73 Å². The van der Waals surface area contributed by atoms with Crippen LogP contribution in [0.4, 0.5) is 11.4 Å². The van der Waals surface area contributed by atoms with Crippen molar-refractivity contribution in [3.63, 3.8) is 0 Å². The van der Waals surface area contributed by atoms with E-state index in [1.165, 1.54) is 19.3 Å². The number of nitrogens with two attached hydrogens (primary N) is 1. The standard InChI is InChI=1S/C14H21N3O/c1-11(17-9-5-2-6-10-17)14(18)16-13-8-4-3-7-12(13)15/h3-4,7-8,11H,2,5-6,9-10,15H2,1H3,(H,16,18). The van der Waals surface area contributed by atoms with Gasteiger partial charge in [0.25, 0.3) is 0 Å². The van der Waals surface area contributed by atoms with Gasteiger partial charge in [0.2, 0.25) is 5.91 Å². The smallest absolute Gasteiger partial charge is 0.241 e. The molecule has 0 aliphatic carbocycles. The van der Waals surface area contributed by atoms with Gasteiger partial charge in [-0.15, -0.1) is 0 Å². The van der Waals surface area contributed by atoms with Gasteiger partial charge in [0.05, 0.1) is 17.4 Å². The highest BCUT2D eigenvalue weighted by molar-refractivity contribution is 5.97. The average Bonchev–Trinajstić information content (AvgIpc) is 2.41. The van der Waals surface area contributed by atoms with Crippen molar-refractivity contribution < 1.29 is 4.79 Å². The Morgan fingerprint density at radius 2 is 1.94 bits per heavy atom. The number of likely N-dealkylation sites (tertiary alicyclic amines) is 1. The summed E-state index contributed by atoms with van der Waals surface area (Å²) in [5, 5.41) is 2.90. The third kappa shape index (κ3) is 3.01. The third-order valence-electron chi connectivity index (χ3n) is 3.54. The van der Waals surface area contributed by atoms with Crippen molar-refractivity contribution in [2.24, 2.45) is 0 Å². The van der Waals surface area contributed by atoms with Crippen LogP contribution in [0.3, 0.4) is 0 Å². The number of piperidine rings is 1. The van der Waals surface area contributed by atoms with Crippen LogP contribution in [-0.2, 0) is 4.79 Å². The number of nitrogens with zero attached hydrogens (tertiary/aromatic N) is 1. The maximum Gasteiger partial charge on any atom is 0.241 e. The SMILES string of the molecule is CC(C(=O)Nc1ccccc1N)N1CCCCC1. The monoisotopic (exact) mass is 247 g/mol. The van der Waals surface area contributed by atoms with Crippen LogP contribution in [0.15, 0.2) is 24.3 Å². The molecule has 0 spiro atoms. The molecule has 0 saturated carbocycles. The first-order chi connectivity index (χ1) is 8.68. The van der Waals surface area contributed by atoms with Crippen molar-refractivity contribution in [3.8, 4) is 0 Å². The van der Waals surface area contributed by atoms with Gasteiger partial charge in [-0.05, 0) is 45.0 Å². The highest BCUT2D eigenvalue weighted by Gasteiger charge is 2.22. The number of rotatable bonds is 3. The fourth-order valence-corrected chi connectivity index (χ4v) is 2.32. The van der Waals surface area contributed by atoms with E-state index in [-0.39, 0.29) is 11.9 Å². The number of amides is 1. The zero-order valence-corrected chi connectivity index (χ0v) is 10.9. The molecular formula is C14H21N3O. The summed E-state index contributed by atoms with van der Waals surface area (Å²) in [5.41, 5.74) is 7.13. The van der Waals surface area contributed by atoms with Crippen LogP contribution in [-0.4, -0.2) is 29.9 Å². The van der Waals surface area contributed by atoms with Crippen LogP contribution in [0.5, 0.6) is 0 Å². The molecule has 0 radical (unpaired) electrons. The first-order valence-electron chi connectivity index (χ1n) is 6.58. The minimum absolute atomic E-state index is 0.0230. The lowest BCUT2D eigenvalue weighted by Crippen LogP contribution is -2.44. The zero-order chi connectivity index (χ0) is 13.0. The van der Waals surface area contributed by atoms with Gasteiger partial charge >= 0.3 is 0 Å². The van der Waals surface area contributed by atoms with E-state index >= 15 is 0 Å². The maximum atomic E-state index is 12.2. The van der Waals surface area contributed by atoms with Crippen LogP contribution >= 0.6 is 0 Å². The minimum atomic E-state index is -0.0927. The second-order valence-corrected chi connectivity index (χ2v) is 4.85. The molecule has 1 aliphatic rings. The predicted molar refractivity (Wildman–Crippen MR) is 74.4 cm³/mol. The number of benzene rings is 1. The second kappa shape index (κ2) is 5.87. The lowest BCUT2D eigenvalue weighted by atomic mass is 10.1. The van der Waals surface area contributed by atoms with Gasteiger partial charge in [-0.1, -0.05) is 18.6 Å². The van der Waals surface area contributed by atoms with Gasteiger partial charge in [-0.25, -0.2) is 0 Å². The van der Waals surface area contributed by atoms with E-state index in [0.29, 0.717) is 11.4 Å². The average molecular weight is 247 g/mol. The Kier molecular flexibility index (Phi) is 4.20. The van der Waals surface area contributed by atoms with E-state index in [1.54, 1.807) is 6.07 Å². The fourth-order valence-electron chi connectivity index (χ4n) is 2.32. The molecule has 1 saturated heterocycles. The number of nitrogen functional groups attached to an aromatic ring is 1. The zero-order valence-electron chi connectivity index (χ0n) is 10.9. The molecule has 98 valence electrons. The summed E-state index contributed by atoms with van der Waals surface area (Å²) < 4.78 is 0. The Balaban J connectivity index is 1.97. The molecule has 3 N–H and O–H groups in total. The van der Waals surface area contributed by atoms with E-state index in [1.807, 2.05) is 25.1 Å². The van der Waals surface area contributed by atoms with E-state index < -0.39 is 0 Å². The summed E-state index contributed by atoms with van der Waals surface area (Å²) in [5.74, 6) is 0.0230. The number of para-hydroxylation sites is 2. The van der Waals surface area contributed by atoms with Crippen LogP contribution in [0.1, 0.15) is 26.2 Å². The van der Waals surface area contributed by atoms with Crippen molar-refractivity contribution in [3.05, 3.63) is 24.3 Å². The molecule has 2 rings (SSSR count). The van der Waals surface area contributed by atoms with E-state index in [0.717, 1.165) is 13.1 Å². The quantitative estimate of drug-likeness (QED) is 0.804. The molecule has 1 fully saturated rings. The summed E-state index contributed by atoms with van der Waals surface area (Å²) in [7, 11) is 0. The van der Waals surface area contributed by atoms with Crippen molar-refractivity contribution in [2.45, 2.75) is 32.2 Å². The van der Waals surface area contributed by atoms with Gasteiger partial charge in [0, 0.05) is 0 Å². The molecule has 1 unspecified atom stereocenters. The molecule has 1 aliphatic heterocycles. The summed E-state index contributed by atoms with van der Waals surface area (Å²) >= 11 is 0. The summed E-state index contributed by atoms with van der Waals surface area (Å²) in [4.78, 5) is 14.4. The molecule has 1 aromatic rings. The first-order valence-corrected chi connectivity index (χ1v) is 6.58. The minimum Gasteiger partial charge on any atom is -0.397 e. The number of carbonyl (C=O) groups excluding carboxylic acids is 1. The molecule has 1 amide bonds. The molecule has 0 aromatic heterocycles. The second-order valence-electron chi connectivity index (χ2n) is 4.85. The molecule has 4 heteroatoms. The van der Waals surface area contributed by atoms with Gasteiger partial charge < -0.3 is 11.1 Å². The van der Waals surface area contributed by atoms with E-state index in [2.05, 4.69) is 10.2 Å². The van der Waals surface area contributed by atoms with Gasteiger partial charge in [0.15, 0.2) is 0 Å². The molecular weight excluding hydrogens is 226 g/mol. The van der Waals surface area contributed by atoms with Crippen molar-refractivity contribution in [2.75, 3.05) is 24.1 Å². The van der Waals surface area contributed by atoms with Crippen LogP contribution in [0.25, 0.3) is 0 Å². The molecule has 0 bridgehead atoms. The summed E-state index contributed by atoms with van der Waals surface area (Å²) in [6.07, 6.45) is 3.65. The molecule has 1 heterocycles. The normalized spacial score (nSPS) is 18.3. The molecule has 1 atom stereocenters. The van der Waals surface area contributed by atoms with Crippen LogP contribution in [0.2, 0.25) is 0 Å². The summed E-state index contributed by atoms with van der Waals surface area (Å²) in [6.45, 7) is 3.98. The van der Waals surface area contributed by atoms with Crippen molar-refractivity contribution in [1.29, 1.82) is 0 Å². The fraction of sp³-hybridized carbons (Fsp3) is 0.500. The Labute approximate surface area is 108 Å². The Morgan fingerprint density at radius 3 is 2.61 bits per heavy atom. The molecule has 1 aromatic carbocycles. The van der Waals surface area contributed by atoms with Crippen molar-refractivity contribution in [1.82, 2.24) is 4.90 Å². The topological polar surface area (TPSA) is 58.4 Å². The van der Waals surface area contributed by atoms with Gasteiger partial charge in [-0.3, -0.25) is 9.69 Å². The third-order valence-corrected chi connectivity index (χ3v) is 3.54. The number of hydrogen-bond acceptors (Lipinski definition) is 3. The maximum absolute atomic E-state index is 12.2. The number of carbonyl (C=O) groups is 1. The van der Waals surface area contributed by atoms with Crippen LogP contribution in [0, 0.1) is 0 Å². The first kappa shape index (κ1) is 12.9. The number of anilines is 2. The largest absolute Gasteiger partial charge is 0.397 e. The number of hydrogen-bond donors (Lipinski definition) is 2. The van der Waals surface area contributed by atoms with Crippen molar-refractivity contribution >= 4 is 17.3 Å². The Hall–Kier alpha value is -1.55. The molecule has 4 nitrogen and oxygen atoms in total. The lowest BCUT2D eigenvalue weighted by Gasteiger charge is -2.31. The highest BCUT2D eigenvalue weighted by Crippen LogP contribution is 2.18. The number of nitrogens with one attached hydrogen (secondary N) is 1. The van der Waals surface area contributed by atoms with Crippen LogP contribution < -0.4 is 11.1 Å². The van der Waals surface area contributed by atoms with Gasteiger partial charge in [-0.2, -0.15) is 0 Å². The Bertz CT molecular complexity index is 413. The lowest BCUT2D eigenvalue weighted by molar-refractivity contribution is -0.121. The Morgan fingerprint density at radius 1 is 1.28 bits per heavy atom. The van der Waals surface area contributed by atoms with E-state index in [9.17, 15) is 4.79 Å². The highest BCUT2D eigenvalue weighted by atomic mass is 16.2. The summed E-state index contributed by atoms with van der Waals surface area (Å²) in [6, 6.07) is 7.26. The van der Waals surface area contributed by atoms with Gasteiger partial charge in [0.1, 0.15) is 0 Å². The predicted octanol–water partition coefficient (Wildman–Crippen LogP) is 2.08. The molecule has 18 heavy (non-hydrogen) atoms.